The van der Waals surface area contributed by atoms with Crippen molar-refractivity contribution in [2.45, 2.75) is 22.6 Å². The van der Waals surface area contributed by atoms with Crippen LogP contribution in [0.15, 0.2) is 67.1 Å². The van der Waals surface area contributed by atoms with Gasteiger partial charge in [0.25, 0.3) is 20.0 Å². The van der Waals surface area contributed by atoms with E-state index in [4.69, 9.17) is 22.9 Å². The number of fused-ring (bicyclic) bond motifs is 2. The van der Waals surface area contributed by atoms with Crippen molar-refractivity contribution in [3.63, 3.8) is 0 Å². The largest absolute Gasteiger partial charge is 2.00 e. The first-order valence-electron chi connectivity index (χ1n) is 10.1. The molecule has 0 saturated heterocycles. The minimum absolute atomic E-state index is 0. The minimum Gasteiger partial charge on any atom is -0.858 e. The van der Waals surface area contributed by atoms with Gasteiger partial charge in [-0.1, -0.05) is 36.4 Å². The van der Waals surface area contributed by atoms with Crippen LogP contribution < -0.4 is 33.1 Å². The standard InChI is InChI=1S/2C7H5NO3S.2C3H10N2.Ni/c2*9-7-5-3-1-2-4-6(5)12(10,11)8-7;2*4-2-1-3-5;/h2*1-4H,(H,8,9);2*1-5H2;/q;;;;+2/p-2. The maximum absolute atomic E-state index is 11.1. The Balaban J connectivity index is 0.000000475. The molecule has 0 fully saturated rings. The van der Waals surface area contributed by atoms with E-state index in [1.165, 1.54) is 24.3 Å². The van der Waals surface area contributed by atoms with E-state index in [0.29, 0.717) is 0 Å². The molecular formula is C20H28N6NiO6S2. The second kappa shape index (κ2) is 15.6. The Hall–Kier alpha value is -2.39. The van der Waals surface area contributed by atoms with Crippen molar-refractivity contribution in [2.75, 3.05) is 26.2 Å². The Morgan fingerprint density at radius 3 is 1.11 bits per heavy atom. The third-order valence-corrected chi connectivity index (χ3v) is 6.65. The number of nitrogens with two attached hydrogens (primary N) is 4. The van der Waals surface area contributed by atoms with Crippen LogP contribution in [0.2, 0.25) is 0 Å². The molecular weight excluding hydrogens is 543 g/mol. The Morgan fingerprint density at radius 2 is 0.886 bits per heavy atom. The normalized spacial score (nSPS) is 15.1. The van der Waals surface area contributed by atoms with E-state index in [1.807, 2.05) is 0 Å². The van der Waals surface area contributed by atoms with Crippen molar-refractivity contribution in [3.8, 4) is 0 Å². The van der Waals surface area contributed by atoms with Gasteiger partial charge in [0.2, 0.25) is 0 Å². The smallest absolute Gasteiger partial charge is 0.858 e. The van der Waals surface area contributed by atoms with Gasteiger partial charge >= 0.3 is 16.5 Å². The molecule has 0 unspecified atom stereocenters. The molecule has 2 aliphatic rings. The van der Waals surface area contributed by atoms with E-state index in [9.17, 15) is 27.0 Å². The predicted octanol–water partition coefficient (Wildman–Crippen LogP) is -2.42. The molecule has 4 rings (SSSR count). The molecule has 2 aromatic carbocycles. The van der Waals surface area contributed by atoms with Crippen LogP contribution in [0.3, 0.4) is 0 Å². The quantitative estimate of drug-likeness (QED) is 0.283. The molecule has 0 aliphatic carbocycles. The summed E-state index contributed by atoms with van der Waals surface area (Å²) in [5.41, 5.74) is 20.6. The van der Waals surface area contributed by atoms with Crippen LogP contribution in [0.4, 0.5) is 0 Å². The van der Waals surface area contributed by atoms with Gasteiger partial charge in [0.1, 0.15) is 0 Å². The van der Waals surface area contributed by atoms with Gasteiger partial charge in [0.15, 0.2) is 0 Å². The summed E-state index contributed by atoms with van der Waals surface area (Å²) in [6.07, 6.45) is 1.89. The molecule has 2 aromatic rings. The summed E-state index contributed by atoms with van der Waals surface area (Å²) in [5.74, 6) is -1.35. The average Bonchev–Trinajstić information content (AvgIpc) is 3.18. The van der Waals surface area contributed by atoms with Crippen molar-refractivity contribution in [1.29, 1.82) is 0 Å². The molecule has 0 bridgehead atoms. The zero-order valence-electron chi connectivity index (χ0n) is 18.6. The minimum atomic E-state index is -3.68. The summed E-state index contributed by atoms with van der Waals surface area (Å²) in [6.45, 7) is 2.88. The van der Waals surface area contributed by atoms with Crippen LogP contribution in [0.25, 0.3) is 0 Å². The van der Waals surface area contributed by atoms with Gasteiger partial charge < -0.3 is 33.1 Å². The van der Waals surface area contributed by atoms with E-state index < -0.39 is 31.8 Å². The number of sulfonamides is 2. The van der Waals surface area contributed by atoms with Crippen molar-refractivity contribution in [3.05, 3.63) is 59.7 Å². The summed E-state index contributed by atoms with van der Waals surface area (Å²) in [4.78, 5) is 0.0185. The van der Waals surface area contributed by atoms with Gasteiger partial charge in [-0.15, -0.1) is 0 Å². The van der Waals surface area contributed by atoms with Crippen LogP contribution in [-0.2, 0) is 36.5 Å². The fourth-order valence-corrected chi connectivity index (χ4v) is 4.58. The zero-order valence-corrected chi connectivity index (χ0v) is 21.3. The Bertz CT molecular complexity index is 1120. The van der Waals surface area contributed by atoms with Crippen LogP contribution in [0.5, 0.6) is 0 Å². The molecule has 8 N–H and O–H groups in total. The number of hydrogen-bond acceptors (Lipinski definition) is 10. The number of rotatable bonds is 4. The Kier molecular flexibility index (Phi) is 14.5. The molecule has 35 heavy (non-hydrogen) atoms. The molecule has 196 valence electrons. The fraction of sp³-hybridized carbons (Fsp3) is 0.300. The first-order valence-corrected chi connectivity index (χ1v) is 13.0. The average molecular weight is 571 g/mol. The summed E-state index contributed by atoms with van der Waals surface area (Å²) in [7, 11) is -7.36. The molecule has 15 heteroatoms. The monoisotopic (exact) mass is 570 g/mol. The summed E-state index contributed by atoms with van der Waals surface area (Å²) >= 11 is 0. The van der Waals surface area contributed by atoms with Crippen molar-refractivity contribution < 1.29 is 43.5 Å². The van der Waals surface area contributed by atoms with Gasteiger partial charge in [-0.25, -0.2) is 0 Å². The summed E-state index contributed by atoms with van der Waals surface area (Å²) in [6, 6.07) is 12.0. The van der Waals surface area contributed by atoms with Gasteiger partial charge in [0, 0.05) is 22.9 Å². The third kappa shape index (κ3) is 9.65. The summed E-state index contributed by atoms with van der Waals surface area (Å²) in [5, 5.41) is 21.9. The van der Waals surface area contributed by atoms with E-state index in [-0.39, 0.29) is 37.4 Å². The number of benzene rings is 2. The SMILES string of the molecule is NCCCN.NCCCN.O=S1(=O)N=C([O-])c2ccccc21.O=S1(=O)N=C([O-])c2ccccc21.[Ni+2]. The molecule has 0 saturated carbocycles. The second-order valence-corrected chi connectivity index (χ2v) is 9.74. The van der Waals surface area contributed by atoms with Crippen molar-refractivity contribution >= 4 is 31.8 Å². The van der Waals surface area contributed by atoms with Crippen LogP contribution in [0.1, 0.15) is 24.0 Å². The second-order valence-electron chi connectivity index (χ2n) is 6.60. The Morgan fingerprint density at radius 1 is 0.600 bits per heavy atom. The Labute approximate surface area is 215 Å². The first-order chi connectivity index (χ1) is 16.1. The number of hydrogen-bond donors (Lipinski definition) is 4. The maximum atomic E-state index is 11.1. The first kappa shape index (κ1) is 32.6. The molecule has 12 nitrogen and oxygen atoms in total. The van der Waals surface area contributed by atoms with Crippen LogP contribution >= 0.6 is 0 Å². The van der Waals surface area contributed by atoms with Crippen molar-refractivity contribution in [2.24, 2.45) is 31.7 Å². The van der Waals surface area contributed by atoms with E-state index in [0.717, 1.165) is 39.0 Å². The topological polar surface area (TPSA) is 243 Å². The van der Waals surface area contributed by atoms with Gasteiger partial charge in [-0.05, 0) is 51.2 Å². The zero-order chi connectivity index (χ0) is 25.8. The van der Waals surface area contributed by atoms with E-state index in [1.54, 1.807) is 24.3 Å². The van der Waals surface area contributed by atoms with Crippen LogP contribution in [0, 0.1) is 0 Å². The third-order valence-electron chi connectivity index (χ3n) is 4.01. The summed E-state index contributed by atoms with van der Waals surface area (Å²) < 4.78 is 50.3. The molecule has 0 amide bonds. The van der Waals surface area contributed by atoms with E-state index >= 15 is 0 Å². The number of nitrogens with zero attached hydrogens (tertiary/aromatic N) is 2. The van der Waals surface area contributed by atoms with Gasteiger partial charge in [-0.3, -0.25) is 0 Å². The van der Waals surface area contributed by atoms with Crippen LogP contribution in [-0.4, -0.2) is 54.8 Å². The van der Waals surface area contributed by atoms with E-state index in [2.05, 4.69) is 8.80 Å². The van der Waals surface area contributed by atoms with Crippen molar-refractivity contribution in [1.82, 2.24) is 0 Å². The maximum Gasteiger partial charge on any atom is 2.00 e. The predicted molar refractivity (Wildman–Crippen MR) is 126 cm³/mol. The molecule has 0 radical (unpaired) electrons. The molecule has 0 aromatic heterocycles. The molecule has 0 atom stereocenters. The van der Waals surface area contributed by atoms with Gasteiger partial charge in [0.05, 0.1) is 9.79 Å². The molecule has 2 heterocycles. The fourth-order valence-electron chi connectivity index (χ4n) is 2.39. The molecule has 0 spiro atoms. The molecule has 2 aliphatic heterocycles. The van der Waals surface area contributed by atoms with Gasteiger partial charge in [-0.2, -0.15) is 25.6 Å².